The van der Waals surface area contributed by atoms with Gasteiger partial charge in [0.2, 0.25) is 0 Å². The van der Waals surface area contributed by atoms with E-state index in [1.165, 1.54) is 0 Å². The molecule has 1 aromatic heterocycles. The summed E-state index contributed by atoms with van der Waals surface area (Å²) in [5.74, 6) is -0.890. The second kappa shape index (κ2) is 6.58. The number of hydrogen-bond donors (Lipinski definition) is 2. The van der Waals surface area contributed by atoms with Gasteiger partial charge in [0.25, 0.3) is 0 Å². The number of carboxylic acid groups (broad SMARTS) is 1. The van der Waals surface area contributed by atoms with Gasteiger partial charge in [0.05, 0.1) is 17.6 Å². The standard InChI is InChI=1S/C19H19N3O2/c1-22(2)15-7-5-6-13(10-15)20-18-11-14(12-19(23)24)21-17-9-4-3-8-16(17)18/h3-11H,12H2,1-2H3,(H,20,21)(H,23,24). The largest absolute Gasteiger partial charge is 0.481 e. The Morgan fingerprint density at radius 3 is 2.67 bits per heavy atom. The van der Waals surface area contributed by atoms with Crippen LogP contribution in [-0.4, -0.2) is 30.2 Å². The van der Waals surface area contributed by atoms with Crippen molar-refractivity contribution in [1.29, 1.82) is 0 Å². The number of fused-ring (bicyclic) bond motifs is 1. The van der Waals surface area contributed by atoms with Gasteiger partial charge in [-0.15, -0.1) is 0 Å². The van der Waals surface area contributed by atoms with Crippen LogP contribution in [0.15, 0.2) is 54.6 Å². The molecule has 0 aliphatic rings. The lowest BCUT2D eigenvalue weighted by Gasteiger charge is -2.16. The average Bonchev–Trinajstić information content (AvgIpc) is 2.54. The van der Waals surface area contributed by atoms with Gasteiger partial charge in [0.15, 0.2) is 0 Å². The van der Waals surface area contributed by atoms with Crippen molar-refractivity contribution in [3.05, 3.63) is 60.3 Å². The molecule has 0 radical (unpaired) electrons. The Balaban J connectivity index is 2.04. The third kappa shape index (κ3) is 3.46. The summed E-state index contributed by atoms with van der Waals surface area (Å²) in [6, 6.07) is 17.6. The molecule has 0 unspecified atom stereocenters. The molecule has 0 saturated heterocycles. The van der Waals surface area contributed by atoms with Crippen LogP contribution in [-0.2, 0) is 11.2 Å². The maximum absolute atomic E-state index is 11.0. The number of rotatable bonds is 5. The molecule has 0 bridgehead atoms. The molecular weight excluding hydrogens is 302 g/mol. The first-order valence-electron chi connectivity index (χ1n) is 7.68. The van der Waals surface area contributed by atoms with Crippen LogP contribution >= 0.6 is 0 Å². The first-order chi connectivity index (χ1) is 11.5. The predicted molar refractivity (Wildman–Crippen MR) is 97.1 cm³/mol. The quantitative estimate of drug-likeness (QED) is 0.750. The molecule has 0 aliphatic heterocycles. The minimum absolute atomic E-state index is 0.0999. The first-order valence-corrected chi connectivity index (χ1v) is 7.68. The minimum Gasteiger partial charge on any atom is -0.481 e. The van der Waals surface area contributed by atoms with Crippen LogP contribution in [0, 0.1) is 0 Å². The van der Waals surface area contributed by atoms with Crippen LogP contribution in [0.2, 0.25) is 0 Å². The average molecular weight is 321 g/mol. The van der Waals surface area contributed by atoms with Crippen LogP contribution in [0.4, 0.5) is 17.1 Å². The van der Waals surface area contributed by atoms with Crippen molar-refractivity contribution in [2.75, 3.05) is 24.3 Å². The van der Waals surface area contributed by atoms with Crippen molar-refractivity contribution in [3.63, 3.8) is 0 Å². The molecule has 122 valence electrons. The predicted octanol–water partition coefficient (Wildman–Crippen LogP) is 3.67. The van der Waals surface area contributed by atoms with Crippen LogP contribution in [0.3, 0.4) is 0 Å². The van der Waals surface area contributed by atoms with Gasteiger partial charge >= 0.3 is 5.97 Å². The highest BCUT2D eigenvalue weighted by molar-refractivity contribution is 5.93. The number of pyridine rings is 1. The number of para-hydroxylation sites is 1. The van der Waals surface area contributed by atoms with Crippen molar-refractivity contribution in [1.82, 2.24) is 4.98 Å². The molecule has 3 rings (SSSR count). The Labute approximate surface area is 140 Å². The number of benzene rings is 2. The molecule has 0 amide bonds. The Hall–Kier alpha value is -3.08. The molecule has 0 atom stereocenters. The Bertz CT molecular complexity index is 891. The van der Waals surface area contributed by atoms with E-state index in [9.17, 15) is 4.79 Å². The topological polar surface area (TPSA) is 65.5 Å². The molecule has 24 heavy (non-hydrogen) atoms. The maximum Gasteiger partial charge on any atom is 0.309 e. The first kappa shape index (κ1) is 15.8. The highest BCUT2D eigenvalue weighted by Crippen LogP contribution is 2.28. The molecular formula is C19H19N3O2. The van der Waals surface area contributed by atoms with E-state index in [1.54, 1.807) is 6.07 Å². The lowest BCUT2D eigenvalue weighted by Crippen LogP contribution is -2.08. The number of aliphatic carboxylic acids is 1. The third-order valence-corrected chi connectivity index (χ3v) is 3.74. The molecule has 0 spiro atoms. The number of aromatic nitrogens is 1. The SMILES string of the molecule is CN(C)c1cccc(Nc2cc(CC(=O)O)nc3ccccc23)c1. The van der Waals surface area contributed by atoms with Gasteiger partial charge in [0.1, 0.15) is 0 Å². The number of nitrogens with zero attached hydrogens (tertiary/aromatic N) is 2. The third-order valence-electron chi connectivity index (χ3n) is 3.74. The lowest BCUT2D eigenvalue weighted by atomic mass is 10.1. The maximum atomic E-state index is 11.0. The summed E-state index contributed by atoms with van der Waals surface area (Å²) in [5, 5.41) is 13.4. The molecule has 0 fully saturated rings. The lowest BCUT2D eigenvalue weighted by molar-refractivity contribution is -0.136. The number of anilines is 3. The molecule has 0 saturated carbocycles. The zero-order valence-corrected chi connectivity index (χ0v) is 13.7. The second-order valence-corrected chi connectivity index (χ2v) is 5.82. The van der Waals surface area contributed by atoms with Crippen LogP contribution < -0.4 is 10.2 Å². The van der Waals surface area contributed by atoms with Gasteiger partial charge in [-0.2, -0.15) is 0 Å². The zero-order valence-electron chi connectivity index (χ0n) is 13.7. The van der Waals surface area contributed by atoms with Crippen LogP contribution in [0.1, 0.15) is 5.69 Å². The van der Waals surface area contributed by atoms with Crippen molar-refractivity contribution < 1.29 is 9.90 Å². The van der Waals surface area contributed by atoms with Crippen LogP contribution in [0.25, 0.3) is 10.9 Å². The van der Waals surface area contributed by atoms with Gasteiger partial charge < -0.3 is 15.3 Å². The summed E-state index contributed by atoms with van der Waals surface area (Å²) in [6.07, 6.45) is -0.0999. The van der Waals surface area contributed by atoms with Gasteiger partial charge in [-0.1, -0.05) is 24.3 Å². The van der Waals surface area contributed by atoms with E-state index in [0.29, 0.717) is 5.69 Å². The number of hydrogen-bond acceptors (Lipinski definition) is 4. The summed E-state index contributed by atoms with van der Waals surface area (Å²) in [5.41, 5.74) is 4.20. The summed E-state index contributed by atoms with van der Waals surface area (Å²) in [6.45, 7) is 0. The van der Waals surface area contributed by atoms with E-state index in [0.717, 1.165) is 28.0 Å². The van der Waals surface area contributed by atoms with E-state index in [2.05, 4.69) is 10.3 Å². The normalized spacial score (nSPS) is 10.6. The van der Waals surface area contributed by atoms with Gasteiger partial charge in [0, 0.05) is 36.5 Å². The van der Waals surface area contributed by atoms with Crippen LogP contribution in [0.5, 0.6) is 0 Å². The van der Waals surface area contributed by atoms with Crippen molar-refractivity contribution in [2.45, 2.75) is 6.42 Å². The summed E-state index contributed by atoms with van der Waals surface area (Å²) >= 11 is 0. The Kier molecular flexibility index (Phi) is 4.33. The fraction of sp³-hybridized carbons (Fsp3) is 0.158. The van der Waals surface area contributed by atoms with Gasteiger partial charge in [-0.25, -0.2) is 0 Å². The fourth-order valence-electron chi connectivity index (χ4n) is 2.60. The minimum atomic E-state index is -0.890. The Morgan fingerprint density at radius 2 is 1.92 bits per heavy atom. The summed E-state index contributed by atoms with van der Waals surface area (Å²) in [7, 11) is 3.98. The van der Waals surface area contributed by atoms with E-state index in [4.69, 9.17) is 5.11 Å². The molecule has 0 aliphatic carbocycles. The second-order valence-electron chi connectivity index (χ2n) is 5.82. The zero-order chi connectivity index (χ0) is 17.1. The molecule has 5 nitrogen and oxygen atoms in total. The number of nitrogens with one attached hydrogen (secondary N) is 1. The molecule has 3 aromatic rings. The molecule has 1 heterocycles. The van der Waals surface area contributed by atoms with Crippen molar-refractivity contribution in [2.24, 2.45) is 0 Å². The summed E-state index contributed by atoms with van der Waals surface area (Å²) in [4.78, 5) is 17.5. The number of carbonyl (C=O) groups is 1. The smallest absolute Gasteiger partial charge is 0.309 e. The van der Waals surface area contributed by atoms with Crippen molar-refractivity contribution >= 4 is 33.9 Å². The summed E-state index contributed by atoms with van der Waals surface area (Å²) < 4.78 is 0. The van der Waals surface area contributed by atoms with E-state index < -0.39 is 5.97 Å². The molecule has 2 N–H and O–H groups in total. The highest BCUT2D eigenvalue weighted by Gasteiger charge is 2.09. The monoisotopic (exact) mass is 321 g/mol. The molecule has 5 heteroatoms. The van der Waals surface area contributed by atoms with Crippen molar-refractivity contribution in [3.8, 4) is 0 Å². The van der Waals surface area contributed by atoms with E-state index in [-0.39, 0.29) is 6.42 Å². The van der Waals surface area contributed by atoms with E-state index >= 15 is 0 Å². The number of carboxylic acids is 1. The van der Waals surface area contributed by atoms with E-state index in [1.807, 2.05) is 67.5 Å². The van der Waals surface area contributed by atoms with Gasteiger partial charge in [-0.3, -0.25) is 9.78 Å². The van der Waals surface area contributed by atoms with Gasteiger partial charge in [-0.05, 0) is 30.3 Å². The highest BCUT2D eigenvalue weighted by atomic mass is 16.4. The molecule has 2 aromatic carbocycles. The Morgan fingerprint density at radius 1 is 1.12 bits per heavy atom. The fourth-order valence-corrected chi connectivity index (χ4v) is 2.60.